The average molecular weight is 428 g/mol. The molecule has 0 aromatic heterocycles. The summed E-state index contributed by atoms with van der Waals surface area (Å²) in [5, 5.41) is 9.29. The lowest BCUT2D eigenvalue weighted by molar-refractivity contribution is -0.139. The van der Waals surface area contributed by atoms with Gasteiger partial charge in [-0.05, 0) is 77.9 Å². The Kier molecular flexibility index (Phi) is 6.42. The van der Waals surface area contributed by atoms with Crippen LogP contribution in [0.4, 0.5) is 0 Å². The molecule has 5 heteroatoms. The van der Waals surface area contributed by atoms with E-state index in [4.69, 9.17) is 14.2 Å². The molecule has 0 aliphatic carbocycles. The molecule has 32 heavy (non-hydrogen) atoms. The van der Waals surface area contributed by atoms with Crippen molar-refractivity contribution in [2.75, 3.05) is 13.7 Å². The number of carbonyl (C=O) groups is 1. The van der Waals surface area contributed by atoms with Gasteiger partial charge in [0, 0.05) is 5.56 Å². The minimum absolute atomic E-state index is 0.157. The number of esters is 1. The van der Waals surface area contributed by atoms with Crippen LogP contribution in [0.3, 0.4) is 0 Å². The summed E-state index contributed by atoms with van der Waals surface area (Å²) in [6.45, 7) is 2.96. The van der Waals surface area contributed by atoms with Gasteiger partial charge in [-0.1, -0.05) is 24.3 Å². The molecule has 0 saturated heterocycles. The number of carbonyl (C=O) groups excluding carboxylic acids is 1. The predicted molar refractivity (Wildman–Crippen MR) is 122 cm³/mol. The molecule has 4 bridgehead atoms. The Morgan fingerprint density at radius 1 is 1.09 bits per heavy atom. The first-order chi connectivity index (χ1) is 15.6. The SMILES string of the molecule is COC(=O)Cc1cc(C)c2cc1OCCCc1cc(C#N)ccc1COc1cccc-2c1. The summed E-state index contributed by atoms with van der Waals surface area (Å²) in [4.78, 5) is 11.9. The van der Waals surface area contributed by atoms with Crippen LogP contribution < -0.4 is 9.47 Å². The molecule has 3 aromatic carbocycles. The molecule has 0 saturated carbocycles. The van der Waals surface area contributed by atoms with Crippen LogP contribution in [0.25, 0.3) is 11.1 Å². The lowest BCUT2D eigenvalue weighted by atomic mass is 9.96. The minimum atomic E-state index is -0.301. The van der Waals surface area contributed by atoms with Crippen molar-refractivity contribution in [3.05, 3.63) is 82.4 Å². The van der Waals surface area contributed by atoms with Crippen molar-refractivity contribution in [3.63, 3.8) is 0 Å². The standard InChI is InChI=1S/C27H25NO4/c1-18-11-23(14-27(29)30-2)26-15-25(18)21-5-3-7-24(13-21)32-17-22-9-8-19(16-28)12-20(22)6-4-10-31-26/h3,5,7-9,11-13,15H,4,6,10,14,17H2,1-2H3. The second kappa shape index (κ2) is 9.57. The molecule has 5 nitrogen and oxygen atoms in total. The number of hydrogen-bond donors (Lipinski definition) is 0. The van der Waals surface area contributed by atoms with Gasteiger partial charge in [-0.2, -0.15) is 5.26 Å². The fourth-order valence-corrected chi connectivity index (χ4v) is 3.99. The largest absolute Gasteiger partial charge is 0.493 e. The van der Waals surface area contributed by atoms with Crippen LogP contribution in [0.5, 0.6) is 11.5 Å². The van der Waals surface area contributed by atoms with Gasteiger partial charge in [0.25, 0.3) is 0 Å². The molecule has 162 valence electrons. The molecule has 0 radical (unpaired) electrons. The molecular weight excluding hydrogens is 402 g/mol. The molecule has 0 fully saturated rings. The van der Waals surface area contributed by atoms with E-state index in [1.54, 1.807) is 0 Å². The summed E-state index contributed by atoms with van der Waals surface area (Å²) in [5.74, 6) is 1.16. The van der Waals surface area contributed by atoms with Crippen molar-refractivity contribution in [1.29, 1.82) is 5.26 Å². The predicted octanol–water partition coefficient (Wildman–Crippen LogP) is 5.15. The molecule has 0 spiro atoms. The van der Waals surface area contributed by atoms with E-state index in [2.05, 4.69) is 6.07 Å². The number of hydrogen-bond acceptors (Lipinski definition) is 5. The van der Waals surface area contributed by atoms with Crippen LogP contribution in [-0.2, 0) is 29.0 Å². The molecule has 0 N–H and O–H groups in total. The van der Waals surface area contributed by atoms with Crippen molar-refractivity contribution in [1.82, 2.24) is 0 Å². The van der Waals surface area contributed by atoms with Crippen molar-refractivity contribution < 1.29 is 19.0 Å². The Bertz CT molecular complexity index is 1190. The highest BCUT2D eigenvalue weighted by Gasteiger charge is 2.15. The number of benzene rings is 3. The summed E-state index contributed by atoms with van der Waals surface area (Å²) in [6.07, 6.45) is 1.69. The van der Waals surface area contributed by atoms with Gasteiger partial charge in [0.15, 0.2) is 0 Å². The summed E-state index contributed by atoms with van der Waals surface area (Å²) < 4.78 is 17.1. The number of fused-ring (bicyclic) bond motifs is 6. The molecule has 1 heterocycles. The molecule has 0 atom stereocenters. The van der Waals surface area contributed by atoms with E-state index in [-0.39, 0.29) is 12.4 Å². The molecule has 4 rings (SSSR count). The van der Waals surface area contributed by atoms with Crippen molar-refractivity contribution in [3.8, 4) is 28.7 Å². The van der Waals surface area contributed by atoms with Crippen molar-refractivity contribution in [2.24, 2.45) is 0 Å². The van der Waals surface area contributed by atoms with Gasteiger partial charge in [0.1, 0.15) is 18.1 Å². The van der Waals surface area contributed by atoms with E-state index >= 15 is 0 Å². The third-order valence-corrected chi connectivity index (χ3v) is 5.69. The van der Waals surface area contributed by atoms with Crippen molar-refractivity contribution in [2.45, 2.75) is 32.8 Å². The van der Waals surface area contributed by atoms with E-state index in [9.17, 15) is 10.1 Å². The van der Waals surface area contributed by atoms with Gasteiger partial charge in [-0.3, -0.25) is 4.79 Å². The van der Waals surface area contributed by atoms with Gasteiger partial charge in [-0.25, -0.2) is 0 Å². The first-order valence-corrected chi connectivity index (χ1v) is 10.7. The number of ether oxygens (including phenoxy) is 3. The van der Waals surface area contributed by atoms with Crippen LogP contribution in [0.2, 0.25) is 0 Å². The van der Waals surface area contributed by atoms with Gasteiger partial charge in [0.2, 0.25) is 0 Å². The number of aryl methyl sites for hydroxylation is 2. The third-order valence-electron chi connectivity index (χ3n) is 5.69. The van der Waals surface area contributed by atoms with E-state index in [0.29, 0.717) is 24.5 Å². The normalized spacial score (nSPS) is 12.9. The Balaban J connectivity index is 1.75. The Labute approximate surface area is 188 Å². The quantitative estimate of drug-likeness (QED) is 0.529. The fourth-order valence-electron chi connectivity index (χ4n) is 3.99. The summed E-state index contributed by atoms with van der Waals surface area (Å²) in [7, 11) is 1.39. The number of nitrogens with zero attached hydrogens (tertiary/aromatic N) is 1. The highest BCUT2D eigenvalue weighted by molar-refractivity contribution is 5.76. The lowest BCUT2D eigenvalue weighted by Crippen LogP contribution is -2.09. The van der Waals surface area contributed by atoms with Crippen LogP contribution in [0.15, 0.2) is 54.6 Å². The van der Waals surface area contributed by atoms with E-state index < -0.39 is 0 Å². The zero-order valence-corrected chi connectivity index (χ0v) is 18.3. The molecule has 3 aromatic rings. The van der Waals surface area contributed by atoms with Gasteiger partial charge in [-0.15, -0.1) is 0 Å². The van der Waals surface area contributed by atoms with Crippen LogP contribution in [0, 0.1) is 18.3 Å². The monoisotopic (exact) mass is 427 g/mol. The smallest absolute Gasteiger partial charge is 0.310 e. The average Bonchev–Trinajstić information content (AvgIpc) is 2.81. The lowest BCUT2D eigenvalue weighted by Gasteiger charge is -2.18. The number of nitriles is 1. The number of methoxy groups -OCH3 is 1. The Morgan fingerprint density at radius 2 is 1.97 bits per heavy atom. The zero-order valence-electron chi connectivity index (χ0n) is 18.3. The molecule has 1 aliphatic rings. The van der Waals surface area contributed by atoms with E-state index in [0.717, 1.165) is 52.0 Å². The Morgan fingerprint density at radius 3 is 2.78 bits per heavy atom. The summed E-state index contributed by atoms with van der Waals surface area (Å²) >= 11 is 0. The summed E-state index contributed by atoms with van der Waals surface area (Å²) in [6, 6.07) is 19.9. The van der Waals surface area contributed by atoms with Gasteiger partial charge < -0.3 is 14.2 Å². The second-order valence-corrected chi connectivity index (χ2v) is 7.89. The Hall–Kier alpha value is -3.78. The van der Waals surface area contributed by atoms with Crippen molar-refractivity contribution >= 4 is 5.97 Å². The maximum Gasteiger partial charge on any atom is 0.310 e. The third kappa shape index (κ3) is 4.76. The highest BCUT2D eigenvalue weighted by Crippen LogP contribution is 2.34. The van der Waals surface area contributed by atoms with Gasteiger partial charge >= 0.3 is 5.97 Å². The highest BCUT2D eigenvalue weighted by atomic mass is 16.5. The van der Waals surface area contributed by atoms with Gasteiger partial charge in [0.05, 0.1) is 31.8 Å². The second-order valence-electron chi connectivity index (χ2n) is 7.89. The van der Waals surface area contributed by atoms with Crippen LogP contribution in [0.1, 0.15) is 34.2 Å². The van der Waals surface area contributed by atoms with E-state index in [1.807, 2.05) is 61.5 Å². The molecule has 0 amide bonds. The maximum absolute atomic E-state index is 11.9. The molecule has 0 unspecified atom stereocenters. The molecular formula is C27H25NO4. The topological polar surface area (TPSA) is 68.5 Å². The maximum atomic E-state index is 11.9. The first-order valence-electron chi connectivity index (χ1n) is 10.7. The zero-order chi connectivity index (χ0) is 22.5. The minimum Gasteiger partial charge on any atom is -0.493 e. The fraction of sp³-hybridized carbons (Fsp3) is 0.259. The van der Waals surface area contributed by atoms with E-state index in [1.165, 1.54) is 7.11 Å². The number of rotatable bonds is 2. The molecule has 1 aliphatic heterocycles. The summed E-state index contributed by atoms with van der Waals surface area (Å²) in [5.41, 5.74) is 6.70. The first kappa shape index (κ1) is 21.5. The van der Waals surface area contributed by atoms with Crippen LogP contribution in [-0.4, -0.2) is 19.7 Å². The van der Waals surface area contributed by atoms with Crippen LogP contribution >= 0.6 is 0 Å².